The fourth-order valence-electron chi connectivity index (χ4n) is 5.69. The molecule has 5 aromatic rings. The molecule has 1 unspecified atom stereocenters. The molecule has 2 aromatic carbocycles. The lowest BCUT2D eigenvalue weighted by atomic mass is 9.81. The van der Waals surface area contributed by atoms with Gasteiger partial charge < -0.3 is 15.0 Å². The van der Waals surface area contributed by atoms with Gasteiger partial charge >= 0.3 is 6.18 Å². The van der Waals surface area contributed by atoms with Crippen LogP contribution in [0.15, 0.2) is 60.8 Å². The van der Waals surface area contributed by atoms with Gasteiger partial charge in [0.1, 0.15) is 5.69 Å². The molecule has 11 heteroatoms. The van der Waals surface area contributed by atoms with E-state index in [1.165, 1.54) is 6.07 Å². The van der Waals surface area contributed by atoms with E-state index < -0.39 is 23.6 Å². The normalized spacial score (nSPS) is 19.8. The number of H-pyrrole nitrogens is 1. The third-order valence-electron chi connectivity index (χ3n) is 7.51. The Kier molecular flexibility index (Phi) is 6.33. The van der Waals surface area contributed by atoms with Crippen molar-refractivity contribution >= 4 is 27.8 Å². The van der Waals surface area contributed by atoms with Crippen molar-refractivity contribution < 1.29 is 23.1 Å². The molecule has 6 rings (SSSR count). The van der Waals surface area contributed by atoms with Gasteiger partial charge in [-0.25, -0.2) is 4.98 Å². The van der Waals surface area contributed by atoms with E-state index in [1.807, 2.05) is 19.1 Å². The van der Waals surface area contributed by atoms with Gasteiger partial charge in [-0.05, 0) is 75.1 Å². The van der Waals surface area contributed by atoms with E-state index in [4.69, 9.17) is 0 Å². The first kappa shape index (κ1) is 26.0. The van der Waals surface area contributed by atoms with Gasteiger partial charge in [0.2, 0.25) is 5.82 Å². The Labute approximate surface area is 227 Å². The Hall–Kier alpha value is -4.25. The number of benzene rings is 2. The third kappa shape index (κ3) is 4.92. The summed E-state index contributed by atoms with van der Waals surface area (Å²) in [6.45, 7) is 1.62. The lowest BCUT2D eigenvalue weighted by Gasteiger charge is -2.37. The van der Waals surface area contributed by atoms with Gasteiger partial charge in [-0.3, -0.25) is 14.9 Å². The maximum absolute atomic E-state index is 13.8. The number of fused-ring (bicyclic) bond motifs is 2. The van der Waals surface area contributed by atoms with Crippen molar-refractivity contribution in [2.45, 2.75) is 57.0 Å². The van der Waals surface area contributed by atoms with Gasteiger partial charge in [0.05, 0.1) is 28.7 Å². The van der Waals surface area contributed by atoms with Crippen LogP contribution in [0.1, 0.15) is 47.6 Å². The first-order valence-electron chi connectivity index (χ1n) is 13.1. The number of nitrogens with one attached hydrogen (secondary N) is 2. The van der Waals surface area contributed by atoms with Gasteiger partial charge in [0.25, 0.3) is 5.91 Å². The molecule has 1 aliphatic carbocycles. The van der Waals surface area contributed by atoms with Crippen molar-refractivity contribution in [3.8, 4) is 11.3 Å². The number of aromatic amines is 1. The van der Waals surface area contributed by atoms with Gasteiger partial charge in [-0.2, -0.15) is 18.3 Å². The molecule has 8 nitrogen and oxygen atoms in total. The van der Waals surface area contributed by atoms with Crippen LogP contribution >= 0.6 is 0 Å². The number of carbonyl (C=O) groups is 1. The second-order valence-corrected chi connectivity index (χ2v) is 10.5. The number of nitrogens with zero attached hydrogens (tertiary/aromatic N) is 4. The zero-order chi connectivity index (χ0) is 28.1. The highest BCUT2D eigenvalue weighted by Gasteiger charge is 2.41. The number of rotatable bonds is 5. The molecular weight excluding hydrogens is 521 g/mol. The van der Waals surface area contributed by atoms with E-state index >= 15 is 0 Å². The summed E-state index contributed by atoms with van der Waals surface area (Å²) < 4.78 is 42.5. The number of imidazole rings is 1. The number of para-hydroxylation sites is 2. The highest BCUT2D eigenvalue weighted by molar-refractivity contribution is 6.01. The maximum atomic E-state index is 13.8. The van der Waals surface area contributed by atoms with Crippen molar-refractivity contribution in [2.75, 3.05) is 0 Å². The summed E-state index contributed by atoms with van der Waals surface area (Å²) in [6, 6.07) is 15.0. The van der Waals surface area contributed by atoms with Crippen LogP contribution in [0.25, 0.3) is 33.2 Å². The molecule has 0 radical (unpaired) electrons. The number of pyridine rings is 1. The van der Waals surface area contributed by atoms with Crippen molar-refractivity contribution in [1.82, 2.24) is 30.0 Å². The van der Waals surface area contributed by atoms with Crippen LogP contribution in [0.3, 0.4) is 0 Å². The number of amides is 1. The second kappa shape index (κ2) is 9.74. The Morgan fingerprint density at radius 1 is 1.20 bits per heavy atom. The molecule has 3 N–H and O–H groups in total. The van der Waals surface area contributed by atoms with Crippen LogP contribution in [0, 0.1) is 6.92 Å². The molecule has 3 heterocycles. The van der Waals surface area contributed by atoms with Crippen LogP contribution in [-0.2, 0) is 12.7 Å². The van der Waals surface area contributed by atoms with Crippen LogP contribution in [0.2, 0.25) is 0 Å². The molecular formula is C29H27F3N6O2. The van der Waals surface area contributed by atoms with E-state index in [1.54, 1.807) is 42.6 Å². The van der Waals surface area contributed by atoms with E-state index in [9.17, 15) is 23.1 Å². The summed E-state index contributed by atoms with van der Waals surface area (Å²) in [4.78, 5) is 21.3. The molecule has 1 aliphatic rings. The molecule has 0 saturated heterocycles. The predicted molar refractivity (Wildman–Crippen MR) is 143 cm³/mol. The lowest BCUT2D eigenvalue weighted by Crippen LogP contribution is -2.48. The van der Waals surface area contributed by atoms with Gasteiger partial charge in [0.15, 0.2) is 0 Å². The number of hydrogen-bond donors (Lipinski definition) is 3. The predicted octanol–water partition coefficient (Wildman–Crippen LogP) is 5.41. The van der Waals surface area contributed by atoms with Crippen molar-refractivity contribution in [1.29, 1.82) is 0 Å². The van der Waals surface area contributed by atoms with Gasteiger partial charge in [-0.15, -0.1) is 0 Å². The molecule has 0 bridgehead atoms. The maximum Gasteiger partial charge on any atom is 0.449 e. The van der Waals surface area contributed by atoms with Crippen LogP contribution in [-0.4, -0.2) is 47.4 Å². The number of halogens is 3. The molecule has 40 heavy (non-hydrogen) atoms. The summed E-state index contributed by atoms with van der Waals surface area (Å²) in [5.74, 6) is -1.36. The Balaban J connectivity index is 1.22. The van der Waals surface area contributed by atoms with Crippen molar-refractivity contribution in [2.24, 2.45) is 0 Å². The fourth-order valence-corrected chi connectivity index (χ4v) is 5.69. The zero-order valence-electron chi connectivity index (χ0n) is 21.7. The molecule has 1 saturated carbocycles. The topological polar surface area (TPSA) is 109 Å². The standard InChI is InChI=1S/C29H27F3N6O2/c1-17-13-18(10-12-33-17)25-21-14-19(8-9-22(21)36-37-25)26(39)34-20-5-4-11-28(40,15-20)16-38-24-7-3-2-6-23(24)35-27(38)29(30,31)32/h2-3,6-10,12-14,20,40H,4-5,11,15-16H2,1H3,(H,34,39)(H,36,37)/t20?,28-/m0/s1. The van der Waals surface area contributed by atoms with Crippen LogP contribution < -0.4 is 5.32 Å². The van der Waals surface area contributed by atoms with Crippen molar-refractivity contribution in [3.63, 3.8) is 0 Å². The summed E-state index contributed by atoms with van der Waals surface area (Å²) in [6.07, 6.45) is -1.35. The molecule has 2 atom stereocenters. The lowest BCUT2D eigenvalue weighted by molar-refractivity contribution is -0.148. The number of alkyl halides is 3. The number of aryl methyl sites for hydroxylation is 1. The molecule has 3 aromatic heterocycles. The average Bonchev–Trinajstić information content (AvgIpc) is 3.50. The highest BCUT2D eigenvalue weighted by atomic mass is 19.4. The Bertz CT molecular complexity index is 1730. The monoisotopic (exact) mass is 548 g/mol. The van der Waals surface area contributed by atoms with Crippen LogP contribution in [0.5, 0.6) is 0 Å². The SMILES string of the molecule is Cc1cc(-c2n[nH]c3ccc(C(=O)NC4CCC[C@@](O)(Cn5c(C(F)(F)F)nc6ccccc65)C4)cc23)ccn1. The minimum atomic E-state index is -4.67. The van der Waals surface area contributed by atoms with Gasteiger partial charge in [-0.1, -0.05) is 12.1 Å². The Morgan fingerprint density at radius 2 is 2.02 bits per heavy atom. The molecule has 0 aliphatic heterocycles. The van der Waals surface area contributed by atoms with Crippen molar-refractivity contribution in [3.05, 3.63) is 77.9 Å². The summed E-state index contributed by atoms with van der Waals surface area (Å²) in [5, 5.41) is 22.6. The highest BCUT2D eigenvalue weighted by Crippen LogP contribution is 2.36. The molecule has 206 valence electrons. The minimum absolute atomic E-state index is 0.123. The van der Waals surface area contributed by atoms with E-state index in [2.05, 4.69) is 25.5 Å². The number of aromatic nitrogens is 5. The first-order valence-corrected chi connectivity index (χ1v) is 13.1. The smallest absolute Gasteiger partial charge is 0.388 e. The number of aliphatic hydroxyl groups is 1. The van der Waals surface area contributed by atoms with Gasteiger partial charge in [0, 0.05) is 34.4 Å². The Morgan fingerprint density at radius 3 is 2.83 bits per heavy atom. The molecule has 0 spiro atoms. The fraction of sp³-hybridized carbons (Fsp3) is 0.310. The van der Waals surface area contributed by atoms with E-state index in [0.29, 0.717) is 36.0 Å². The largest absolute Gasteiger partial charge is 0.449 e. The number of hydrogen-bond acceptors (Lipinski definition) is 5. The molecule has 1 fully saturated rings. The van der Waals surface area contributed by atoms with E-state index in [0.717, 1.165) is 26.7 Å². The summed E-state index contributed by atoms with van der Waals surface area (Å²) in [7, 11) is 0. The quantitative estimate of drug-likeness (QED) is 0.272. The third-order valence-corrected chi connectivity index (χ3v) is 7.51. The second-order valence-electron chi connectivity index (χ2n) is 10.5. The minimum Gasteiger partial charge on any atom is -0.388 e. The van der Waals surface area contributed by atoms with E-state index in [-0.39, 0.29) is 24.4 Å². The zero-order valence-corrected chi connectivity index (χ0v) is 21.7. The first-order chi connectivity index (χ1) is 19.1. The average molecular weight is 549 g/mol. The van der Waals surface area contributed by atoms with Crippen LogP contribution in [0.4, 0.5) is 13.2 Å². The molecule has 1 amide bonds. The summed E-state index contributed by atoms with van der Waals surface area (Å²) >= 11 is 0. The summed E-state index contributed by atoms with van der Waals surface area (Å²) in [5.41, 5.74) is 2.71. The number of carbonyl (C=O) groups excluding carboxylic acids is 1.